The van der Waals surface area contributed by atoms with Gasteiger partial charge in [0.2, 0.25) is 0 Å². The van der Waals surface area contributed by atoms with E-state index >= 15 is 0 Å². The van der Waals surface area contributed by atoms with Gasteiger partial charge in [-0.2, -0.15) is 4.98 Å². The fourth-order valence-corrected chi connectivity index (χ4v) is 2.02. The van der Waals surface area contributed by atoms with Crippen molar-refractivity contribution in [1.82, 2.24) is 10.3 Å². The van der Waals surface area contributed by atoms with Crippen molar-refractivity contribution in [1.29, 1.82) is 0 Å². The van der Waals surface area contributed by atoms with Gasteiger partial charge in [0.25, 0.3) is 6.01 Å². The minimum Gasteiger partial charge on any atom is -0.432 e. The normalized spacial score (nSPS) is 11.1. The van der Waals surface area contributed by atoms with Crippen LogP contribution in [0.3, 0.4) is 0 Å². The second kappa shape index (κ2) is 7.22. The smallest absolute Gasteiger partial charge is 0.297 e. The molecule has 5 heteroatoms. The second-order valence-corrected chi connectivity index (χ2v) is 5.63. The molecule has 0 radical (unpaired) electrons. The van der Waals surface area contributed by atoms with E-state index in [-0.39, 0.29) is 5.82 Å². The summed E-state index contributed by atoms with van der Waals surface area (Å²) in [5.41, 5.74) is 1.76. The first-order valence-corrected chi connectivity index (χ1v) is 7.15. The van der Waals surface area contributed by atoms with Crippen LogP contribution in [0.5, 0.6) is 0 Å². The van der Waals surface area contributed by atoms with Gasteiger partial charge in [0.05, 0.1) is 5.69 Å². The fraction of sp³-hybridized carbons (Fsp3) is 0.438. The monoisotopic (exact) mass is 291 g/mol. The van der Waals surface area contributed by atoms with Gasteiger partial charge in [-0.25, -0.2) is 4.39 Å². The van der Waals surface area contributed by atoms with Crippen molar-refractivity contribution in [3.05, 3.63) is 47.6 Å². The molecule has 0 unspecified atom stereocenters. The summed E-state index contributed by atoms with van der Waals surface area (Å²) in [7, 11) is 1.88. The summed E-state index contributed by atoms with van der Waals surface area (Å²) < 4.78 is 18.6. The lowest BCUT2D eigenvalue weighted by atomic mass is 10.2. The molecule has 21 heavy (non-hydrogen) atoms. The summed E-state index contributed by atoms with van der Waals surface area (Å²) in [6, 6.07) is 7.08. The lowest BCUT2D eigenvalue weighted by Gasteiger charge is -2.14. The van der Waals surface area contributed by atoms with Gasteiger partial charge in [0.1, 0.15) is 12.1 Å². The molecular weight excluding hydrogens is 269 g/mol. The van der Waals surface area contributed by atoms with Crippen molar-refractivity contribution in [3.8, 4) is 0 Å². The standard InChI is InChI=1S/C16H22FN3O/c1-12(2)8-18-9-15-11-21-16(19-15)20(3)10-13-5-4-6-14(17)7-13/h4-7,11-12,18H,8-10H2,1-3H3. The molecule has 0 aliphatic heterocycles. The Morgan fingerprint density at radius 2 is 2.19 bits per heavy atom. The molecule has 0 atom stereocenters. The van der Waals surface area contributed by atoms with Crippen molar-refractivity contribution in [2.24, 2.45) is 5.92 Å². The largest absolute Gasteiger partial charge is 0.432 e. The summed E-state index contributed by atoms with van der Waals surface area (Å²) in [5.74, 6) is 0.374. The van der Waals surface area contributed by atoms with E-state index in [2.05, 4.69) is 24.1 Å². The number of oxazole rings is 1. The van der Waals surface area contributed by atoms with Crippen molar-refractivity contribution < 1.29 is 8.81 Å². The number of benzene rings is 1. The molecule has 1 heterocycles. The van der Waals surface area contributed by atoms with E-state index in [1.807, 2.05) is 18.0 Å². The van der Waals surface area contributed by atoms with Gasteiger partial charge in [-0.3, -0.25) is 0 Å². The van der Waals surface area contributed by atoms with E-state index in [9.17, 15) is 4.39 Å². The Balaban J connectivity index is 1.91. The first kappa shape index (κ1) is 15.5. The van der Waals surface area contributed by atoms with Gasteiger partial charge in [-0.1, -0.05) is 26.0 Å². The zero-order chi connectivity index (χ0) is 15.2. The average molecular weight is 291 g/mol. The minimum atomic E-state index is -0.230. The van der Waals surface area contributed by atoms with Crippen LogP contribution in [0.25, 0.3) is 0 Å². The van der Waals surface area contributed by atoms with E-state index < -0.39 is 0 Å². The molecule has 2 rings (SSSR count). The molecule has 2 aromatic rings. The molecule has 0 aliphatic carbocycles. The van der Waals surface area contributed by atoms with E-state index in [4.69, 9.17) is 4.42 Å². The molecule has 0 aliphatic rings. The van der Waals surface area contributed by atoms with Gasteiger partial charge in [0, 0.05) is 20.1 Å². The Kier molecular flexibility index (Phi) is 5.33. The lowest BCUT2D eigenvalue weighted by molar-refractivity contribution is 0.534. The summed E-state index contributed by atoms with van der Waals surface area (Å²) in [5, 5.41) is 3.32. The van der Waals surface area contributed by atoms with E-state index in [1.165, 1.54) is 12.1 Å². The highest BCUT2D eigenvalue weighted by molar-refractivity contribution is 5.29. The van der Waals surface area contributed by atoms with E-state index in [1.54, 1.807) is 12.3 Å². The number of hydrogen-bond acceptors (Lipinski definition) is 4. The molecule has 4 nitrogen and oxygen atoms in total. The number of anilines is 1. The van der Waals surface area contributed by atoms with E-state index in [0.717, 1.165) is 17.8 Å². The third-order valence-corrected chi connectivity index (χ3v) is 3.03. The molecule has 1 aromatic heterocycles. The van der Waals surface area contributed by atoms with Crippen LogP contribution in [-0.4, -0.2) is 18.6 Å². The molecule has 114 valence electrons. The SMILES string of the molecule is CC(C)CNCc1coc(N(C)Cc2cccc(F)c2)n1. The lowest BCUT2D eigenvalue weighted by Crippen LogP contribution is -2.20. The first-order chi connectivity index (χ1) is 10.0. The van der Waals surface area contributed by atoms with Crippen molar-refractivity contribution in [2.45, 2.75) is 26.9 Å². The summed E-state index contributed by atoms with van der Waals surface area (Å²) in [6.45, 7) is 6.51. The third-order valence-electron chi connectivity index (χ3n) is 3.03. The van der Waals surface area contributed by atoms with Gasteiger partial charge in [0.15, 0.2) is 0 Å². The Morgan fingerprint density at radius 3 is 2.90 bits per heavy atom. The molecular formula is C16H22FN3O. The molecule has 1 N–H and O–H groups in total. The maximum Gasteiger partial charge on any atom is 0.297 e. The second-order valence-electron chi connectivity index (χ2n) is 5.63. The number of nitrogens with zero attached hydrogens (tertiary/aromatic N) is 2. The summed E-state index contributed by atoms with van der Waals surface area (Å²) in [4.78, 5) is 6.29. The highest BCUT2D eigenvalue weighted by atomic mass is 19.1. The van der Waals surface area contributed by atoms with Gasteiger partial charge < -0.3 is 14.6 Å². The molecule has 0 saturated carbocycles. The van der Waals surface area contributed by atoms with Crippen LogP contribution in [0, 0.1) is 11.7 Å². The highest BCUT2D eigenvalue weighted by Gasteiger charge is 2.10. The Morgan fingerprint density at radius 1 is 1.38 bits per heavy atom. The Bertz CT molecular complexity index is 568. The van der Waals surface area contributed by atoms with Gasteiger partial charge in [-0.15, -0.1) is 0 Å². The molecule has 0 amide bonds. The predicted molar refractivity (Wildman–Crippen MR) is 81.6 cm³/mol. The third kappa shape index (κ3) is 4.86. The molecule has 0 saturated heterocycles. The van der Waals surface area contributed by atoms with Crippen molar-refractivity contribution >= 4 is 6.01 Å². The molecule has 1 aromatic carbocycles. The van der Waals surface area contributed by atoms with Crippen LogP contribution in [0.15, 0.2) is 34.9 Å². The number of rotatable bonds is 7. The van der Waals surface area contributed by atoms with Gasteiger partial charge >= 0.3 is 0 Å². The van der Waals surface area contributed by atoms with Crippen LogP contribution in [0.1, 0.15) is 25.1 Å². The quantitative estimate of drug-likeness (QED) is 0.850. The summed E-state index contributed by atoms with van der Waals surface area (Å²) in [6.07, 6.45) is 1.66. The van der Waals surface area contributed by atoms with Crippen LogP contribution >= 0.6 is 0 Å². The van der Waals surface area contributed by atoms with Crippen molar-refractivity contribution in [2.75, 3.05) is 18.5 Å². The zero-order valence-corrected chi connectivity index (χ0v) is 12.8. The number of hydrogen-bond donors (Lipinski definition) is 1. The number of nitrogens with one attached hydrogen (secondary N) is 1. The minimum absolute atomic E-state index is 0.230. The average Bonchev–Trinajstić information content (AvgIpc) is 2.87. The molecule has 0 spiro atoms. The van der Waals surface area contributed by atoms with Crippen LogP contribution in [0.4, 0.5) is 10.4 Å². The number of aromatic nitrogens is 1. The summed E-state index contributed by atoms with van der Waals surface area (Å²) >= 11 is 0. The molecule has 0 fully saturated rings. The predicted octanol–water partition coefficient (Wildman–Crippen LogP) is 3.20. The van der Waals surface area contributed by atoms with Crippen LogP contribution in [-0.2, 0) is 13.1 Å². The zero-order valence-electron chi connectivity index (χ0n) is 12.8. The highest BCUT2D eigenvalue weighted by Crippen LogP contribution is 2.15. The Hall–Kier alpha value is -1.88. The van der Waals surface area contributed by atoms with Crippen LogP contribution < -0.4 is 10.2 Å². The Labute approximate surface area is 125 Å². The number of halogens is 1. The molecule has 0 bridgehead atoms. The van der Waals surface area contributed by atoms with Gasteiger partial charge in [-0.05, 0) is 30.2 Å². The van der Waals surface area contributed by atoms with Crippen LogP contribution in [0.2, 0.25) is 0 Å². The van der Waals surface area contributed by atoms with E-state index in [0.29, 0.717) is 25.0 Å². The maximum absolute atomic E-state index is 13.2. The topological polar surface area (TPSA) is 41.3 Å². The fourth-order valence-electron chi connectivity index (χ4n) is 2.02. The maximum atomic E-state index is 13.2. The first-order valence-electron chi connectivity index (χ1n) is 7.15. The van der Waals surface area contributed by atoms with Crippen molar-refractivity contribution in [3.63, 3.8) is 0 Å².